The number of nitrogens with zero attached hydrogens (tertiary/aromatic N) is 6. The first-order valence-corrected chi connectivity index (χ1v) is 19.0. The molecule has 7 rings (SSSR count). The molecule has 2 N–H and O–H groups in total. The molecule has 270 valence electrons. The molecular weight excluding hydrogens is 660 g/mol. The SMILES string of the molecule is Cc1c(NC(=O)c2nc3c(n2C)CCN(C(C)C)C3)cccc1-c1cccc(NC(=O)c2nc3c(n2C)CCN(CCC2CCCCC2)C3)c1Cl. The summed E-state index contributed by atoms with van der Waals surface area (Å²) in [7, 11) is 3.85. The van der Waals surface area contributed by atoms with Gasteiger partial charge in [-0.05, 0) is 62.9 Å². The zero-order chi connectivity index (χ0) is 35.8. The van der Waals surface area contributed by atoms with E-state index in [1.54, 1.807) is 0 Å². The predicted octanol–water partition coefficient (Wildman–Crippen LogP) is 7.38. The first-order chi connectivity index (χ1) is 24.6. The highest BCUT2D eigenvalue weighted by Gasteiger charge is 2.28. The highest BCUT2D eigenvalue weighted by molar-refractivity contribution is 6.36. The van der Waals surface area contributed by atoms with E-state index < -0.39 is 0 Å². The van der Waals surface area contributed by atoms with Gasteiger partial charge in [0.05, 0.1) is 22.1 Å². The number of hydrogen-bond acceptors (Lipinski definition) is 6. The van der Waals surface area contributed by atoms with Gasteiger partial charge in [0.25, 0.3) is 11.8 Å². The number of carbonyl (C=O) groups excluding carboxylic acids is 2. The first-order valence-electron chi connectivity index (χ1n) is 18.7. The van der Waals surface area contributed by atoms with Crippen LogP contribution in [0.4, 0.5) is 11.4 Å². The van der Waals surface area contributed by atoms with Gasteiger partial charge in [0.1, 0.15) is 0 Å². The summed E-state index contributed by atoms with van der Waals surface area (Å²) in [6, 6.07) is 11.8. The third kappa shape index (κ3) is 7.23. The Balaban J connectivity index is 1.05. The zero-order valence-electron chi connectivity index (χ0n) is 30.7. The second kappa shape index (κ2) is 14.9. The van der Waals surface area contributed by atoms with Crippen molar-refractivity contribution >= 4 is 34.8 Å². The monoisotopic (exact) mass is 710 g/mol. The van der Waals surface area contributed by atoms with Crippen LogP contribution in [0.1, 0.15) is 102 Å². The van der Waals surface area contributed by atoms with E-state index in [0.29, 0.717) is 34.1 Å². The lowest BCUT2D eigenvalue weighted by molar-refractivity contribution is 0.100. The molecule has 3 aliphatic rings. The van der Waals surface area contributed by atoms with Crippen molar-refractivity contribution < 1.29 is 9.59 Å². The fourth-order valence-electron chi connectivity index (χ4n) is 8.27. The maximum atomic E-state index is 13.7. The summed E-state index contributed by atoms with van der Waals surface area (Å²) in [6.07, 6.45) is 9.86. The molecule has 4 aromatic rings. The van der Waals surface area contributed by atoms with Gasteiger partial charge in [0.2, 0.25) is 0 Å². The second-order valence-corrected chi connectivity index (χ2v) is 15.3. The summed E-state index contributed by atoms with van der Waals surface area (Å²) in [5.74, 6) is 1.11. The Bertz CT molecular complexity index is 1940. The standard InChI is InChI=1S/C40H51ClN8O2/c1-25(2)49-22-19-35-33(24-49)43-37(47(35)5)39(50)44-30-15-9-13-28(26(30)3)29-14-10-16-31(36(29)41)45-40(51)38-42-32-23-48(21-18-34(32)46(38)4)20-17-27-11-7-6-8-12-27/h9-10,13-16,25,27H,6-8,11-12,17-24H2,1-5H3,(H,44,50)(H,45,51). The van der Waals surface area contributed by atoms with E-state index in [4.69, 9.17) is 21.6 Å². The third-order valence-corrected chi connectivity index (χ3v) is 11.9. The third-order valence-electron chi connectivity index (χ3n) is 11.5. The number of amides is 2. The maximum Gasteiger partial charge on any atom is 0.291 e. The molecule has 2 aliphatic heterocycles. The number of carbonyl (C=O) groups is 2. The number of nitrogens with one attached hydrogen (secondary N) is 2. The normalized spacial score (nSPS) is 17.0. The number of aromatic nitrogens is 4. The number of benzene rings is 2. The van der Waals surface area contributed by atoms with Crippen LogP contribution in [0.2, 0.25) is 5.02 Å². The molecule has 0 saturated heterocycles. The largest absolute Gasteiger partial charge is 0.327 e. The molecular formula is C40H51ClN8O2. The number of imidazole rings is 2. The van der Waals surface area contributed by atoms with Crippen molar-refractivity contribution in [3.05, 3.63) is 81.4 Å². The Morgan fingerprint density at radius 3 is 2.08 bits per heavy atom. The van der Waals surface area contributed by atoms with Crippen molar-refractivity contribution in [3.63, 3.8) is 0 Å². The van der Waals surface area contributed by atoms with Gasteiger partial charge in [-0.1, -0.05) is 68.0 Å². The van der Waals surface area contributed by atoms with Crippen LogP contribution in [0, 0.1) is 12.8 Å². The molecule has 1 aliphatic carbocycles. The van der Waals surface area contributed by atoms with Crippen molar-refractivity contribution in [1.29, 1.82) is 0 Å². The Morgan fingerprint density at radius 1 is 0.824 bits per heavy atom. The van der Waals surface area contributed by atoms with Gasteiger partial charge >= 0.3 is 0 Å². The average Bonchev–Trinajstić information content (AvgIpc) is 3.65. The van der Waals surface area contributed by atoms with Gasteiger partial charge in [-0.3, -0.25) is 19.4 Å². The summed E-state index contributed by atoms with van der Waals surface area (Å²) in [4.78, 5) is 41.7. The number of rotatable bonds is 9. The Kier molecular flexibility index (Phi) is 10.4. The molecule has 0 atom stereocenters. The van der Waals surface area contributed by atoms with E-state index >= 15 is 0 Å². The van der Waals surface area contributed by atoms with Gasteiger partial charge in [-0.15, -0.1) is 0 Å². The lowest BCUT2D eigenvalue weighted by atomic mass is 9.87. The molecule has 1 fully saturated rings. The summed E-state index contributed by atoms with van der Waals surface area (Å²) in [5, 5.41) is 6.57. The second-order valence-electron chi connectivity index (χ2n) is 15.0. The van der Waals surface area contributed by atoms with Crippen LogP contribution in [0.3, 0.4) is 0 Å². The van der Waals surface area contributed by atoms with Crippen molar-refractivity contribution in [2.75, 3.05) is 30.3 Å². The van der Waals surface area contributed by atoms with E-state index in [2.05, 4.69) is 34.3 Å². The molecule has 2 aromatic carbocycles. The predicted molar refractivity (Wildman–Crippen MR) is 203 cm³/mol. The first kappa shape index (κ1) is 35.4. The molecule has 0 bridgehead atoms. The summed E-state index contributed by atoms with van der Waals surface area (Å²) in [6.45, 7) is 10.9. The van der Waals surface area contributed by atoms with Crippen LogP contribution in [-0.4, -0.2) is 66.4 Å². The number of halogens is 1. The fraction of sp³-hybridized carbons (Fsp3) is 0.500. The molecule has 51 heavy (non-hydrogen) atoms. The molecule has 10 nitrogen and oxygen atoms in total. The van der Waals surface area contributed by atoms with Gasteiger partial charge < -0.3 is 19.8 Å². The number of hydrogen-bond donors (Lipinski definition) is 2. The van der Waals surface area contributed by atoms with E-state index in [1.165, 1.54) is 38.5 Å². The van der Waals surface area contributed by atoms with Crippen LogP contribution >= 0.6 is 11.6 Å². The number of anilines is 2. The van der Waals surface area contributed by atoms with Gasteiger partial charge in [-0.2, -0.15) is 0 Å². The lowest BCUT2D eigenvalue weighted by Crippen LogP contribution is -2.36. The minimum Gasteiger partial charge on any atom is -0.327 e. The van der Waals surface area contributed by atoms with Crippen LogP contribution in [0.25, 0.3) is 11.1 Å². The summed E-state index contributed by atoms with van der Waals surface area (Å²) >= 11 is 7.02. The van der Waals surface area contributed by atoms with E-state index in [-0.39, 0.29) is 11.8 Å². The van der Waals surface area contributed by atoms with Crippen LogP contribution < -0.4 is 10.6 Å². The van der Waals surface area contributed by atoms with Crippen LogP contribution in [0.5, 0.6) is 0 Å². The topological polar surface area (TPSA) is 100 Å². The van der Waals surface area contributed by atoms with Crippen LogP contribution in [0.15, 0.2) is 36.4 Å². The highest BCUT2D eigenvalue weighted by atomic mass is 35.5. The van der Waals surface area contributed by atoms with E-state index in [1.807, 2.05) is 66.6 Å². The van der Waals surface area contributed by atoms with Crippen LogP contribution in [-0.2, 0) is 40.0 Å². The zero-order valence-corrected chi connectivity index (χ0v) is 31.4. The smallest absolute Gasteiger partial charge is 0.291 e. The molecule has 0 unspecified atom stereocenters. The molecule has 2 amide bonds. The molecule has 0 spiro atoms. The summed E-state index contributed by atoms with van der Waals surface area (Å²) in [5.41, 5.74) is 7.89. The lowest BCUT2D eigenvalue weighted by Gasteiger charge is -2.29. The van der Waals surface area contributed by atoms with Gasteiger partial charge in [-0.25, -0.2) is 9.97 Å². The van der Waals surface area contributed by atoms with Crippen molar-refractivity contribution in [2.24, 2.45) is 20.0 Å². The average molecular weight is 711 g/mol. The van der Waals surface area contributed by atoms with E-state index in [0.717, 1.165) is 90.9 Å². The Labute approximate surface area is 306 Å². The minimum atomic E-state index is -0.285. The quantitative estimate of drug-likeness (QED) is 0.188. The maximum absolute atomic E-state index is 13.7. The molecule has 2 aromatic heterocycles. The van der Waals surface area contributed by atoms with Crippen molar-refractivity contribution in [2.45, 2.75) is 91.3 Å². The highest BCUT2D eigenvalue weighted by Crippen LogP contribution is 2.38. The molecule has 1 saturated carbocycles. The minimum absolute atomic E-state index is 0.250. The Hall–Kier alpha value is -3.99. The van der Waals surface area contributed by atoms with Crippen molar-refractivity contribution in [1.82, 2.24) is 28.9 Å². The molecule has 11 heteroatoms. The molecule has 4 heterocycles. The Morgan fingerprint density at radius 2 is 1.41 bits per heavy atom. The van der Waals surface area contributed by atoms with Gasteiger partial charge in [0, 0.05) is 81.8 Å². The fourth-order valence-corrected chi connectivity index (χ4v) is 8.54. The number of fused-ring (bicyclic) bond motifs is 2. The van der Waals surface area contributed by atoms with E-state index in [9.17, 15) is 9.59 Å². The molecule has 0 radical (unpaired) electrons. The summed E-state index contributed by atoms with van der Waals surface area (Å²) < 4.78 is 3.87. The van der Waals surface area contributed by atoms with Gasteiger partial charge in [0.15, 0.2) is 11.6 Å². The van der Waals surface area contributed by atoms with Crippen molar-refractivity contribution in [3.8, 4) is 11.1 Å².